The Morgan fingerprint density at radius 1 is 1.33 bits per heavy atom. The third kappa shape index (κ3) is 2.49. The minimum absolute atomic E-state index is 0.0600. The largest absolute Gasteiger partial charge is 0.394 e. The Kier molecular flexibility index (Phi) is 3.59. The normalized spacial score (nSPS) is 22.4. The smallest absolute Gasteiger partial charge is 0.243 e. The van der Waals surface area contributed by atoms with Crippen molar-refractivity contribution >= 4 is 22.5 Å². The fourth-order valence-electron chi connectivity index (χ4n) is 2.96. The van der Waals surface area contributed by atoms with E-state index in [2.05, 4.69) is 15.6 Å². The lowest BCUT2D eigenvalue weighted by molar-refractivity contribution is -0.123. The number of carbonyl (C=O) groups is 1. The van der Waals surface area contributed by atoms with Crippen LogP contribution in [0.15, 0.2) is 24.4 Å². The number of rotatable bonds is 2. The van der Waals surface area contributed by atoms with E-state index in [4.69, 9.17) is 0 Å². The highest BCUT2D eigenvalue weighted by Gasteiger charge is 2.27. The van der Waals surface area contributed by atoms with Crippen LogP contribution in [0.1, 0.15) is 19.4 Å². The van der Waals surface area contributed by atoms with Gasteiger partial charge in [0, 0.05) is 22.8 Å². The lowest BCUT2D eigenvalue weighted by Gasteiger charge is -2.24. The van der Waals surface area contributed by atoms with Crippen LogP contribution < -0.4 is 10.6 Å². The quantitative estimate of drug-likeness (QED) is 0.678. The average Bonchev–Trinajstić information content (AvgIpc) is 2.88. The van der Waals surface area contributed by atoms with Crippen LogP contribution in [0.4, 0.5) is 5.69 Å². The zero-order valence-electron chi connectivity index (χ0n) is 12.3. The zero-order chi connectivity index (χ0) is 15.0. The van der Waals surface area contributed by atoms with E-state index in [-0.39, 0.29) is 30.5 Å². The summed E-state index contributed by atoms with van der Waals surface area (Å²) >= 11 is 0. The average molecular weight is 287 g/mol. The van der Waals surface area contributed by atoms with Crippen LogP contribution in [0, 0.1) is 5.92 Å². The highest BCUT2D eigenvalue weighted by molar-refractivity contribution is 5.97. The van der Waals surface area contributed by atoms with Gasteiger partial charge < -0.3 is 20.7 Å². The Hall–Kier alpha value is -2.01. The Morgan fingerprint density at radius 3 is 2.86 bits per heavy atom. The molecule has 0 saturated carbocycles. The number of benzene rings is 1. The third-order valence-electron chi connectivity index (χ3n) is 4.08. The maximum absolute atomic E-state index is 12.4. The van der Waals surface area contributed by atoms with Gasteiger partial charge in [0.05, 0.1) is 12.6 Å². The van der Waals surface area contributed by atoms with Gasteiger partial charge in [-0.05, 0) is 30.0 Å². The van der Waals surface area contributed by atoms with E-state index in [1.54, 1.807) is 0 Å². The van der Waals surface area contributed by atoms with Crippen LogP contribution in [0.5, 0.6) is 0 Å². The van der Waals surface area contributed by atoms with E-state index in [0.29, 0.717) is 6.42 Å². The topological polar surface area (TPSA) is 77.2 Å². The first-order valence-corrected chi connectivity index (χ1v) is 7.37. The number of aliphatic hydroxyl groups is 1. The zero-order valence-corrected chi connectivity index (χ0v) is 12.3. The molecule has 1 aliphatic rings. The maximum Gasteiger partial charge on any atom is 0.243 e. The summed E-state index contributed by atoms with van der Waals surface area (Å²) in [5.41, 5.74) is 3.12. The second-order valence-electron chi connectivity index (χ2n) is 6.00. The van der Waals surface area contributed by atoms with E-state index < -0.39 is 0 Å². The Balaban J connectivity index is 2.13. The van der Waals surface area contributed by atoms with Crippen molar-refractivity contribution in [3.63, 3.8) is 0 Å². The first-order valence-electron chi connectivity index (χ1n) is 7.37. The monoisotopic (exact) mass is 287 g/mol. The summed E-state index contributed by atoms with van der Waals surface area (Å²) in [6, 6.07) is 5.43. The predicted octanol–water partition coefficient (Wildman–Crippen LogP) is 1.64. The molecule has 0 spiro atoms. The first-order chi connectivity index (χ1) is 10.1. The number of aromatic nitrogens is 1. The van der Waals surface area contributed by atoms with Crippen molar-refractivity contribution in [2.24, 2.45) is 5.92 Å². The summed E-state index contributed by atoms with van der Waals surface area (Å²) < 4.78 is 0. The second-order valence-corrected chi connectivity index (χ2v) is 6.00. The van der Waals surface area contributed by atoms with Crippen LogP contribution in [0.2, 0.25) is 0 Å². The van der Waals surface area contributed by atoms with Crippen LogP contribution in [0.3, 0.4) is 0 Å². The number of amides is 1. The number of aliphatic hydroxyl groups excluding tert-OH is 1. The molecule has 0 saturated heterocycles. The minimum Gasteiger partial charge on any atom is -0.394 e. The molecule has 5 nitrogen and oxygen atoms in total. The fourth-order valence-corrected chi connectivity index (χ4v) is 2.96. The molecule has 2 heterocycles. The lowest BCUT2D eigenvalue weighted by Crippen LogP contribution is -2.48. The molecule has 4 N–H and O–H groups in total. The van der Waals surface area contributed by atoms with E-state index in [0.717, 1.165) is 22.2 Å². The summed E-state index contributed by atoms with van der Waals surface area (Å²) in [5.74, 6) is 0.0928. The molecule has 0 radical (unpaired) electrons. The van der Waals surface area contributed by atoms with E-state index in [9.17, 15) is 9.90 Å². The van der Waals surface area contributed by atoms with Gasteiger partial charge in [-0.25, -0.2) is 0 Å². The second kappa shape index (κ2) is 5.41. The van der Waals surface area contributed by atoms with Gasteiger partial charge in [-0.3, -0.25) is 4.79 Å². The van der Waals surface area contributed by atoms with Gasteiger partial charge in [0.1, 0.15) is 6.04 Å². The Bertz CT molecular complexity index is 663. The SMILES string of the molecule is CC(C)[C@@H]1Nc2cccc3[nH]cc(c23)C[C@@H](CO)NC1=O. The third-order valence-corrected chi connectivity index (χ3v) is 4.08. The summed E-state index contributed by atoms with van der Waals surface area (Å²) in [5, 5.41) is 17.0. The molecule has 3 rings (SSSR count). The molecule has 21 heavy (non-hydrogen) atoms. The molecule has 112 valence electrons. The van der Waals surface area contributed by atoms with Gasteiger partial charge in [0.2, 0.25) is 5.91 Å². The molecule has 1 amide bonds. The standard InChI is InChI=1S/C16H21N3O2/c1-9(2)15-16(21)18-11(8-20)6-10-7-17-12-4-3-5-13(19-15)14(10)12/h3-5,7,9,11,15,17,19-20H,6,8H2,1-2H3,(H,18,21)/t11-,15-/m0/s1. The number of hydrogen-bond donors (Lipinski definition) is 4. The van der Waals surface area contributed by atoms with Gasteiger partial charge in [-0.2, -0.15) is 0 Å². The summed E-state index contributed by atoms with van der Waals surface area (Å²) in [7, 11) is 0. The van der Waals surface area contributed by atoms with E-state index in [1.165, 1.54) is 0 Å². The number of aromatic amines is 1. The van der Waals surface area contributed by atoms with Crippen molar-refractivity contribution in [3.05, 3.63) is 30.0 Å². The van der Waals surface area contributed by atoms with Crippen molar-refractivity contribution in [1.82, 2.24) is 10.3 Å². The number of hydrogen-bond acceptors (Lipinski definition) is 3. The molecule has 1 aliphatic heterocycles. The number of nitrogens with one attached hydrogen (secondary N) is 3. The van der Waals surface area contributed by atoms with Gasteiger partial charge >= 0.3 is 0 Å². The van der Waals surface area contributed by atoms with Crippen molar-refractivity contribution in [1.29, 1.82) is 0 Å². The number of H-pyrrole nitrogens is 1. The molecule has 0 bridgehead atoms. The summed E-state index contributed by atoms with van der Waals surface area (Å²) in [6.45, 7) is 3.97. The maximum atomic E-state index is 12.4. The molecule has 2 atom stereocenters. The molecule has 0 aliphatic carbocycles. The molecule has 5 heteroatoms. The lowest BCUT2D eigenvalue weighted by atomic mass is 10.0. The van der Waals surface area contributed by atoms with Crippen LogP contribution in [0.25, 0.3) is 10.9 Å². The number of carbonyl (C=O) groups excluding carboxylic acids is 1. The Labute approximate surface area is 123 Å². The van der Waals surface area contributed by atoms with E-state index in [1.807, 2.05) is 38.2 Å². The van der Waals surface area contributed by atoms with Crippen LogP contribution >= 0.6 is 0 Å². The molecule has 0 unspecified atom stereocenters. The summed E-state index contributed by atoms with van der Waals surface area (Å²) in [4.78, 5) is 15.7. The molecule has 1 aromatic carbocycles. The van der Waals surface area contributed by atoms with E-state index >= 15 is 0 Å². The fraction of sp³-hybridized carbons (Fsp3) is 0.438. The van der Waals surface area contributed by atoms with Gasteiger partial charge in [0.25, 0.3) is 0 Å². The van der Waals surface area contributed by atoms with Gasteiger partial charge in [-0.15, -0.1) is 0 Å². The van der Waals surface area contributed by atoms with Crippen molar-refractivity contribution in [2.75, 3.05) is 11.9 Å². The molecule has 1 aromatic heterocycles. The van der Waals surface area contributed by atoms with Crippen LogP contribution in [-0.4, -0.2) is 34.7 Å². The molecule has 2 aromatic rings. The van der Waals surface area contributed by atoms with Crippen molar-refractivity contribution in [3.8, 4) is 0 Å². The van der Waals surface area contributed by atoms with Crippen molar-refractivity contribution < 1.29 is 9.90 Å². The summed E-state index contributed by atoms with van der Waals surface area (Å²) in [6.07, 6.45) is 2.58. The highest BCUT2D eigenvalue weighted by Crippen LogP contribution is 2.30. The predicted molar refractivity (Wildman–Crippen MR) is 83.3 cm³/mol. The minimum atomic E-state index is -0.314. The highest BCUT2D eigenvalue weighted by atomic mass is 16.3. The molecular weight excluding hydrogens is 266 g/mol. The Morgan fingerprint density at radius 2 is 2.14 bits per heavy atom. The molecular formula is C16H21N3O2. The number of anilines is 1. The van der Waals surface area contributed by atoms with Crippen LogP contribution in [-0.2, 0) is 11.2 Å². The van der Waals surface area contributed by atoms with Gasteiger partial charge in [-0.1, -0.05) is 19.9 Å². The first kappa shape index (κ1) is 13.9. The molecule has 0 fully saturated rings. The van der Waals surface area contributed by atoms with Crippen molar-refractivity contribution in [2.45, 2.75) is 32.4 Å². The van der Waals surface area contributed by atoms with Gasteiger partial charge in [0.15, 0.2) is 0 Å².